The third-order valence-corrected chi connectivity index (χ3v) is 4.28. The number of furan rings is 1. The maximum absolute atomic E-state index is 13.2. The normalized spacial score (nSPS) is 12.8. The molecule has 0 radical (unpaired) electrons. The zero-order valence-corrected chi connectivity index (χ0v) is 13.4. The highest BCUT2D eigenvalue weighted by Crippen LogP contribution is 2.32. The van der Waals surface area contributed by atoms with Crippen molar-refractivity contribution in [2.24, 2.45) is 5.73 Å². The van der Waals surface area contributed by atoms with Gasteiger partial charge in [-0.1, -0.05) is 37.9 Å². The van der Waals surface area contributed by atoms with Crippen molar-refractivity contribution in [3.05, 3.63) is 68.6 Å². The van der Waals surface area contributed by atoms with Gasteiger partial charge in [-0.15, -0.1) is 0 Å². The van der Waals surface area contributed by atoms with Crippen LogP contribution in [0.2, 0.25) is 0 Å². The number of halogens is 3. The highest BCUT2D eigenvalue weighted by atomic mass is 79.9. The summed E-state index contributed by atoms with van der Waals surface area (Å²) in [6, 6.07) is 11.6. The van der Waals surface area contributed by atoms with Crippen molar-refractivity contribution in [1.82, 2.24) is 0 Å². The van der Waals surface area contributed by atoms with Crippen LogP contribution < -0.4 is 5.73 Å². The Kier molecular flexibility index (Phi) is 3.67. The molecule has 0 saturated carbocycles. The van der Waals surface area contributed by atoms with Crippen molar-refractivity contribution in [3.8, 4) is 0 Å². The molecule has 3 aromatic rings. The molecule has 2 nitrogen and oxygen atoms in total. The Balaban J connectivity index is 2.05. The van der Waals surface area contributed by atoms with Crippen LogP contribution in [0.25, 0.3) is 11.0 Å². The fourth-order valence-corrected chi connectivity index (χ4v) is 3.39. The van der Waals surface area contributed by atoms with Crippen LogP contribution in [0.3, 0.4) is 0 Å². The summed E-state index contributed by atoms with van der Waals surface area (Å²) in [5.74, 6) is 0.317. The third kappa shape index (κ3) is 2.53. The minimum Gasteiger partial charge on any atom is -0.459 e. The Bertz CT molecular complexity index is 785. The van der Waals surface area contributed by atoms with Gasteiger partial charge in [-0.25, -0.2) is 4.39 Å². The van der Waals surface area contributed by atoms with Crippen LogP contribution in [0, 0.1) is 5.82 Å². The first-order valence-corrected chi connectivity index (χ1v) is 7.53. The van der Waals surface area contributed by atoms with Gasteiger partial charge in [0.25, 0.3) is 0 Å². The van der Waals surface area contributed by atoms with E-state index in [0.29, 0.717) is 16.7 Å². The predicted molar refractivity (Wildman–Crippen MR) is 84.0 cm³/mol. The molecular formula is C15H10Br2FNO. The van der Waals surface area contributed by atoms with Crippen LogP contribution in [0.1, 0.15) is 17.4 Å². The largest absolute Gasteiger partial charge is 0.459 e. The lowest BCUT2D eigenvalue weighted by Crippen LogP contribution is -2.11. The maximum Gasteiger partial charge on any atom is 0.134 e. The molecule has 1 atom stereocenters. The first-order valence-electron chi connectivity index (χ1n) is 5.94. The Labute approximate surface area is 132 Å². The Morgan fingerprint density at radius 3 is 2.60 bits per heavy atom. The molecule has 0 aliphatic heterocycles. The summed E-state index contributed by atoms with van der Waals surface area (Å²) in [5.41, 5.74) is 7.78. The molecule has 0 amide bonds. The summed E-state index contributed by atoms with van der Waals surface area (Å²) < 4.78 is 20.8. The number of rotatable bonds is 2. The van der Waals surface area contributed by atoms with Gasteiger partial charge in [-0.3, -0.25) is 0 Å². The van der Waals surface area contributed by atoms with Crippen molar-refractivity contribution in [2.75, 3.05) is 0 Å². The average Bonchev–Trinajstić information content (AvgIpc) is 2.81. The SMILES string of the molecule is NC(c1cc2cc(F)ccc2o1)c1ccc(Br)cc1Br. The summed E-state index contributed by atoms with van der Waals surface area (Å²) in [5, 5.41) is 0.712. The van der Waals surface area contributed by atoms with Crippen LogP contribution in [0.5, 0.6) is 0 Å². The maximum atomic E-state index is 13.2. The van der Waals surface area contributed by atoms with Gasteiger partial charge < -0.3 is 10.2 Å². The Morgan fingerprint density at radius 1 is 1.05 bits per heavy atom. The lowest BCUT2D eigenvalue weighted by Gasteiger charge is -2.11. The lowest BCUT2D eigenvalue weighted by molar-refractivity contribution is 0.524. The van der Waals surface area contributed by atoms with E-state index < -0.39 is 6.04 Å². The summed E-state index contributed by atoms with van der Waals surface area (Å²) in [7, 11) is 0. The fourth-order valence-electron chi connectivity index (χ4n) is 2.10. The van der Waals surface area contributed by atoms with E-state index in [2.05, 4.69) is 31.9 Å². The van der Waals surface area contributed by atoms with E-state index in [9.17, 15) is 4.39 Å². The van der Waals surface area contributed by atoms with Crippen molar-refractivity contribution < 1.29 is 8.81 Å². The van der Waals surface area contributed by atoms with Crippen LogP contribution in [-0.2, 0) is 0 Å². The quantitative estimate of drug-likeness (QED) is 0.648. The summed E-state index contributed by atoms with van der Waals surface area (Å²) in [6.45, 7) is 0. The van der Waals surface area contributed by atoms with E-state index in [1.54, 1.807) is 12.1 Å². The van der Waals surface area contributed by atoms with Gasteiger partial charge >= 0.3 is 0 Å². The van der Waals surface area contributed by atoms with Crippen molar-refractivity contribution >= 4 is 42.8 Å². The van der Waals surface area contributed by atoms with Gasteiger partial charge in [0.05, 0.1) is 6.04 Å². The molecule has 20 heavy (non-hydrogen) atoms. The number of nitrogens with two attached hydrogens (primary N) is 1. The number of hydrogen-bond donors (Lipinski definition) is 1. The fraction of sp³-hybridized carbons (Fsp3) is 0.0667. The topological polar surface area (TPSA) is 39.2 Å². The molecule has 1 heterocycles. The molecule has 3 rings (SSSR count). The van der Waals surface area contributed by atoms with E-state index in [1.165, 1.54) is 12.1 Å². The van der Waals surface area contributed by atoms with E-state index in [0.717, 1.165) is 14.5 Å². The van der Waals surface area contributed by atoms with Gasteiger partial charge in [0, 0.05) is 14.3 Å². The predicted octanol–water partition coefficient (Wildman–Crippen LogP) is 5.15. The van der Waals surface area contributed by atoms with Gasteiger partial charge in [0.1, 0.15) is 17.2 Å². The van der Waals surface area contributed by atoms with Crippen molar-refractivity contribution in [3.63, 3.8) is 0 Å². The molecule has 1 aromatic heterocycles. The summed E-state index contributed by atoms with van der Waals surface area (Å²) in [6.07, 6.45) is 0. The molecule has 2 aromatic carbocycles. The van der Waals surface area contributed by atoms with Crippen LogP contribution in [0.15, 0.2) is 55.8 Å². The molecule has 0 saturated heterocycles. The van der Waals surface area contributed by atoms with E-state index in [4.69, 9.17) is 10.2 Å². The Morgan fingerprint density at radius 2 is 1.85 bits per heavy atom. The molecule has 0 fully saturated rings. The lowest BCUT2D eigenvalue weighted by atomic mass is 10.1. The Hall–Kier alpha value is -1.17. The second kappa shape index (κ2) is 5.31. The first-order chi connectivity index (χ1) is 9.54. The van der Waals surface area contributed by atoms with E-state index in [1.807, 2.05) is 18.2 Å². The molecule has 2 N–H and O–H groups in total. The second-order valence-electron chi connectivity index (χ2n) is 4.47. The van der Waals surface area contributed by atoms with Crippen LogP contribution in [-0.4, -0.2) is 0 Å². The summed E-state index contributed by atoms with van der Waals surface area (Å²) in [4.78, 5) is 0. The minimum atomic E-state index is -0.409. The molecule has 0 aliphatic carbocycles. The number of hydrogen-bond acceptors (Lipinski definition) is 2. The van der Waals surface area contributed by atoms with Gasteiger partial charge in [-0.05, 0) is 42.0 Å². The molecule has 0 spiro atoms. The highest BCUT2D eigenvalue weighted by molar-refractivity contribution is 9.11. The standard InChI is InChI=1S/C15H10Br2FNO/c16-9-1-3-11(12(17)7-9)15(19)14-6-8-5-10(18)2-4-13(8)20-14/h1-7,15H,19H2. The number of benzene rings is 2. The zero-order valence-electron chi connectivity index (χ0n) is 10.2. The molecular weight excluding hydrogens is 389 g/mol. The summed E-state index contributed by atoms with van der Waals surface area (Å²) >= 11 is 6.89. The monoisotopic (exact) mass is 397 g/mol. The van der Waals surface area contributed by atoms with Crippen molar-refractivity contribution in [1.29, 1.82) is 0 Å². The van der Waals surface area contributed by atoms with Crippen LogP contribution in [0.4, 0.5) is 4.39 Å². The second-order valence-corrected chi connectivity index (χ2v) is 6.24. The average molecular weight is 399 g/mol. The van der Waals surface area contributed by atoms with Gasteiger partial charge in [0.2, 0.25) is 0 Å². The smallest absolute Gasteiger partial charge is 0.134 e. The first kappa shape index (κ1) is 13.8. The number of fused-ring (bicyclic) bond motifs is 1. The molecule has 0 bridgehead atoms. The van der Waals surface area contributed by atoms with Gasteiger partial charge in [-0.2, -0.15) is 0 Å². The third-order valence-electron chi connectivity index (χ3n) is 3.10. The van der Waals surface area contributed by atoms with Crippen LogP contribution >= 0.6 is 31.9 Å². The van der Waals surface area contributed by atoms with Crippen molar-refractivity contribution in [2.45, 2.75) is 6.04 Å². The molecule has 102 valence electrons. The molecule has 0 aliphatic rings. The van der Waals surface area contributed by atoms with E-state index in [-0.39, 0.29) is 5.82 Å². The zero-order chi connectivity index (χ0) is 14.3. The molecule has 5 heteroatoms. The molecule has 1 unspecified atom stereocenters. The van der Waals surface area contributed by atoms with E-state index >= 15 is 0 Å². The minimum absolute atomic E-state index is 0.289. The van der Waals surface area contributed by atoms with Gasteiger partial charge in [0.15, 0.2) is 0 Å². The highest BCUT2D eigenvalue weighted by Gasteiger charge is 2.17.